The normalized spacial score (nSPS) is 21.7. The Balaban J connectivity index is 1.97. The minimum atomic E-state index is -0.448. The Bertz CT molecular complexity index is 305. The maximum absolute atomic E-state index is 9.36. The van der Waals surface area contributed by atoms with Crippen LogP contribution in [-0.2, 0) is 4.74 Å². The van der Waals surface area contributed by atoms with Gasteiger partial charge in [-0.05, 0) is 24.6 Å². The van der Waals surface area contributed by atoms with Gasteiger partial charge < -0.3 is 14.6 Å². The van der Waals surface area contributed by atoms with Crippen LogP contribution in [0.1, 0.15) is 18.6 Å². The van der Waals surface area contributed by atoms with Crippen LogP contribution in [0, 0.1) is 0 Å². The molecular weight excluding hydrogens is 180 g/mol. The van der Waals surface area contributed by atoms with Crippen LogP contribution in [0.25, 0.3) is 0 Å². The number of aliphatic hydroxyl groups is 1. The molecule has 0 spiro atoms. The van der Waals surface area contributed by atoms with Gasteiger partial charge in [-0.1, -0.05) is 12.1 Å². The molecule has 3 heteroatoms. The summed E-state index contributed by atoms with van der Waals surface area (Å²) < 4.78 is 10.5. The molecule has 0 radical (unpaired) electrons. The maximum Gasteiger partial charge on any atom is 0.119 e. The molecule has 1 aromatic rings. The summed E-state index contributed by atoms with van der Waals surface area (Å²) in [4.78, 5) is 0. The molecule has 0 aromatic heterocycles. The summed E-state index contributed by atoms with van der Waals surface area (Å²) in [6.45, 7) is 3.14. The molecule has 1 aliphatic rings. The topological polar surface area (TPSA) is 42.0 Å². The van der Waals surface area contributed by atoms with Gasteiger partial charge in [-0.15, -0.1) is 0 Å². The molecular formula is C11H14O3. The zero-order valence-corrected chi connectivity index (χ0v) is 8.14. The fourth-order valence-electron chi connectivity index (χ4n) is 1.22. The molecule has 2 unspecified atom stereocenters. The second-order valence-electron chi connectivity index (χ2n) is 3.51. The molecule has 0 amide bonds. The number of aliphatic hydroxyl groups excluding tert-OH is 1. The third kappa shape index (κ3) is 2.47. The maximum atomic E-state index is 9.36. The van der Waals surface area contributed by atoms with Gasteiger partial charge in [0.1, 0.15) is 18.5 Å². The van der Waals surface area contributed by atoms with Crippen molar-refractivity contribution in [3.8, 4) is 5.75 Å². The SMILES string of the molecule is CC(O)c1cccc(OCC2CO2)c1. The van der Waals surface area contributed by atoms with Crippen molar-refractivity contribution in [3.05, 3.63) is 29.8 Å². The van der Waals surface area contributed by atoms with Crippen molar-refractivity contribution in [3.63, 3.8) is 0 Å². The van der Waals surface area contributed by atoms with Gasteiger partial charge in [0.2, 0.25) is 0 Å². The highest BCUT2D eigenvalue weighted by molar-refractivity contribution is 5.29. The zero-order chi connectivity index (χ0) is 9.97. The molecule has 1 aromatic carbocycles. The molecule has 14 heavy (non-hydrogen) atoms. The Morgan fingerprint density at radius 2 is 2.43 bits per heavy atom. The number of benzene rings is 1. The van der Waals surface area contributed by atoms with Crippen LogP contribution in [-0.4, -0.2) is 24.4 Å². The molecule has 1 N–H and O–H groups in total. The minimum absolute atomic E-state index is 0.269. The van der Waals surface area contributed by atoms with Gasteiger partial charge in [-0.3, -0.25) is 0 Å². The monoisotopic (exact) mass is 194 g/mol. The van der Waals surface area contributed by atoms with Crippen LogP contribution in [0.4, 0.5) is 0 Å². The predicted octanol–water partition coefficient (Wildman–Crippen LogP) is 1.52. The van der Waals surface area contributed by atoms with E-state index in [1.807, 2.05) is 24.3 Å². The number of rotatable bonds is 4. The lowest BCUT2D eigenvalue weighted by Gasteiger charge is -2.08. The number of ether oxygens (including phenoxy) is 2. The summed E-state index contributed by atoms with van der Waals surface area (Å²) in [5.74, 6) is 0.791. The molecule has 1 heterocycles. The third-order valence-electron chi connectivity index (χ3n) is 2.18. The number of hydrogen-bond acceptors (Lipinski definition) is 3. The van der Waals surface area contributed by atoms with Crippen LogP contribution in [0.5, 0.6) is 5.75 Å². The van der Waals surface area contributed by atoms with E-state index < -0.39 is 6.10 Å². The quantitative estimate of drug-likeness (QED) is 0.739. The molecule has 2 atom stereocenters. The van der Waals surface area contributed by atoms with Gasteiger partial charge in [-0.2, -0.15) is 0 Å². The first kappa shape index (κ1) is 9.49. The van der Waals surface area contributed by atoms with Gasteiger partial charge in [0.15, 0.2) is 0 Å². The van der Waals surface area contributed by atoms with E-state index in [4.69, 9.17) is 9.47 Å². The van der Waals surface area contributed by atoms with Gasteiger partial charge in [0.25, 0.3) is 0 Å². The second kappa shape index (κ2) is 3.98. The average Bonchev–Trinajstić information content (AvgIpc) is 2.99. The molecule has 76 valence electrons. The summed E-state index contributed by atoms with van der Waals surface area (Å²) in [6.07, 6.45) is -0.180. The summed E-state index contributed by atoms with van der Waals surface area (Å²) in [5.41, 5.74) is 0.874. The van der Waals surface area contributed by atoms with E-state index in [0.717, 1.165) is 17.9 Å². The zero-order valence-electron chi connectivity index (χ0n) is 8.14. The Labute approximate surface area is 83.3 Å². The summed E-state index contributed by atoms with van der Waals surface area (Å²) in [7, 11) is 0. The minimum Gasteiger partial charge on any atom is -0.491 e. The molecule has 2 rings (SSSR count). The van der Waals surface area contributed by atoms with E-state index in [1.54, 1.807) is 6.92 Å². The molecule has 1 aliphatic heterocycles. The van der Waals surface area contributed by atoms with Crippen LogP contribution in [0.15, 0.2) is 24.3 Å². The van der Waals surface area contributed by atoms with E-state index in [0.29, 0.717) is 6.61 Å². The highest BCUT2D eigenvalue weighted by Gasteiger charge is 2.23. The Kier molecular flexibility index (Phi) is 2.70. The first-order chi connectivity index (χ1) is 6.75. The lowest BCUT2D eigenvalue weighted by molar-refractivity contribution is 0.198. The number of epoxide rings is 1. The van der Waals surface area contributed by atoms with Crippen molar-refractivity contribution in [2.45, 2.75) is 19.1 Å². The van der Waals surface area contributed by atoms with E-state index in [1.165, 1.54) is 0 Å². The summed E-state index contributed by atoms with van der Waals surface area (Å²) in [6, 6.07) is 7.50. The molecule has 0 aliphatic carbocycles. The molecule has 1 fully saturated rings. The van der Waals surface area contributed by atoms with Gasteiger partial charge >= 0.3 is 0 Å². The largest absolute Gasteiger partial charge is 0.491 e. The van der Waals surface area contributed by atoms with E-state index >= 15 is 0 Å². The molecule has 0 saturated carbocycles. The fraction of sp³-hybridized carbons (Fsp3) is 0.455. The van der Waals surface area contributed by atoms with Crippen LogP contribution in [0.2, 0.25) is 0 Å². The van der Waals surface area contributed by atoms with Crippen LogP contribution >= 0.6 is 0 Å². The fourth-order valence-corrected chi connectivity index (χ4v) is 1.22. The van der Waals surface area contributed by atoms with E-state index in [-0.39, 0.29) is 6.10 Å². The van der Waals surface area contributed by atoms with Crippen molar-refractivity contribution in [2.24, 2.45) is 0 Å². The van der Waals surface area contributed by atoms with Crippen LogP contribution in [0.3, 0.4) is 0 Å². The Morgan fingerprint density at radius 3 is 3.07 bits per heavy atom. The van der Waals surface area contributed by atoms with Crippen molar-refractivity contribution in [2.75, 3.05) is 13.2 Å². The van der Waals surface area contributed by atoms with Crippen molar-refractivity contribution >= 4 is 0 Å². The summed E-state index contributed by atoms with van der Waals surface area (Å²) >= 11 is 0. The first-order valence-corrected chi connectivity index (χ1v) is 4.78. The van der Waals surface area contributed by atoms with Gasteiger partial charge in [0.05, 0.1) is 12.7 Å². The van der Waals surface area contributed by atoms with Crippen molar-refractivity contribution in [1.82, 2.24) is 0 Å². The van der Waals surface area contributed by atoms with Gasteiger partial charge in [-0.25, -0.2) is 0 Å². The van der Waals surface area contributed by atoms with E-state index in [9.17, 15) is 5.11 Å². The van der Waals surface area contributed by atoms with Crippen molar-refractivity contribution in [1.29, 1.82) is 0 Å². The predicted molar refractivity (Wildman–Crippen MR) is 52.3 cm³/mol. The van der Waals surface area contributed by atoms with Crippen LogP contribution < -0.4 is 4.74 Å². The lowest BCUT2D eigenvalue weighted by atomic mass is 10.1. The van der Waals surface area contributed by atoms with Gasteiger partial charge in [0, 0.05) is 0 Å². The lowest BCUT2D eigenvalue weighted by Crippen LogP contribution is -2.04. The van der Waals surface area contributed by atoms with E-state index in [2.05, 4.69) is 0 Å². The highest BCUT2D eigenvalue weighted by Crippen LogP contribution is 2.20. The molecule has 1 saturated heterocycles. The smallest absolute Gasteiger partial charge is 0.119 e. The number of hydrogen-bond donors (Lipinski definition) is 1. The molecule has 3 nitrogen and oxygen atoms in total. The average molecular weight is 194 g/mol. The standard InChI is InChI=1S/C11H14O3/c1-8(12)9-3-2-4-10(5-9)13-6-11-7-14-11/h2-5,8,11-12H,6-7H2,1H3. The summed E-state index contributed by atoms with van der Waals surface area (Å²) in [5, 5.41) is 9.36. The van der Waals surface area contributed by atoms with Crippen molar-refractivity contribution < 1.29 is 14.6 Å². The first-order valence-electron chi connectivity index (χ1n) is 4.78. The second-order valence-corrected chi connectivity index (χ2v) is 3.51. The highest BCUT2D eigenvalue weighted by atomic mass is 16.6. The third-order valence-corrected chi connectivity index (χ3v) is 2.18. The Hall–Kier alpha value is -1.06. The Morgan fingerprint density at radius 1 is 1.64 bits per heavy atom. The molecule has 0 bridgehead atoms.